The summed E-state index contributed by atoms with van der Waals surface area (Å²) in [5.74, 6) is -0.992. The third-order valence-electron chi connectivity index (χ3n) is 9.38. The van der Waals surface area contributed by atoms with E-state index in [2.05, 4.69) is 99.8 Å². The van der Waals surface area contributed by atoms with Gasteiger partial charge >= 0.3 is 17.9 Å². The van der Waals surface area contributed by atoms with Crippen LogP contribution in [0.1, 0.15) is 175 Å². The van der Waals surface area contributed by atoms with Crippen molar-refractivity contribution in [1.82, 2.24) is 0 Å². The van der Waals surface area contributed by atoms with E-state index in [0.29, 0.717) is 12.8 Å². The third-order valence-corrected chi connectivity index (χ3v) is 9.38. The van der Waals surface area contributed by atoms with Gasteiger partial charge in [-0.15, -0.1) is 0 Å². The highest BCUT2D eigenvalue weighted by atomic mass is 16.6. The van der Waals surface area contributed by atoms with Gasteiger partial charge in [-0.1, -0.05) is 212 Å². The maximum atomic E-state index is 12.8. The Hall–Kier alpha value is -4.45. The van der Waals surface area contributed by atoms with Crippen LogP contribution in [0.3, 0.4) is 0 Å². The van der Waals surface area contributed by atoms with Crippen LogP contribution in [-0.2, 0) is 28.6 Å². The van der Waals surface area contributed by atoms with Crippen LogP contribution in [0.5, 0.6) is 0 Å². The molecule has 0 aliphatic heterocycles. The first-order valence-corrected chi connectivity index (χ1v) is 23.8. The van der Waals surface area contributed by atoms with E-state index in [4.69, 9.17) is 14.2 Å². The lowest BCUT2D eigenvalue weighted by atomic mass is 10.1. The second-order valence-corrected chi connectivity index (χ2v) is 15.1. The lowest BCUT2D eigenvalue weighted by Crippen LogP contribution is -2.30. The third kappa shape index (κ3) is 46.5. The minimum atomic E-state index is -0.813. The molecule has 0 aliphatic rings. The number of unbranched alkanes of at least 4 members (excludes halogenated alkanes) is 15. The van der Waals surface area contributed by atoms with E-state index >= 15 is 0 Å². The van der Waals surface area contributed by atoms with Gasteiger partial charge in [0.05, 0.1) is 0 Å². The van der Waals surface area contributed by atoms with Crippen molar-refractivity contribution in [2.24, 2.45) is 0 Å². The molecule has 1 atom stereocenters. The molecule has 1 unspecified atom stereocenters. The molecule has 0 fully saturated rings. The number of carbonyl (C=O) groups is 3. The first-order chi connectivity index (χ1) is 30.0. The fourth-order valence-corrected chi connectivity index (χ4v) is 5.87. The number of ether oxygens (including phenoxy) is 3. The number of allylic oxidation sites excluding steroid dienone is 22. The van der Waals surface area contributed by atoms with Crippen LogP contribution in [-0.4, -0.2) is 37.2 Å². The fraction of sp³-hybridized carbons (Fsp3) is 0.545. The summed E-state index contributed by atoms with van der Waals surface area (Å²) in [6, 6.07) is 0. The smallest absolute Gasteiger partial charge is 0.306 e. The average Bonchev–Trinajstić information content (AvgIpc) is 3.26. The van der Waals surface area contributed by atoms with Crippen LogP contribution in [0.2, 0.25) is 0 Å². The molecule has 0 radical (unpaired) electrons. The largest absolute Gasteiger partial charge is 0.462 e. The van der Waals surface area contributed by atoms with Gasteiger partial charge in [-0.2, -0.15) is 0 Å². The molecule has 0 N–H and O–H groups in total. The van der Waals surface area contributed by atoms with Crippen LogP contribution in [0, 0.1) is 0 Å². The van der Waals surface area contributed by atoms with E-state index in [-0.39, 0.29) is 37.5 Å². The molecule has 61 heavy (non-hydrogen) atoms. The molecule has 0 bridgehead atoms. The van der Waals surface area contributed by atoms with Crippen molar-refractivity contribution in [1.29, 1.82) is 0 Å². The minimum Gasteiger partial charge on any atom is -0.462 e. The van der Waals surface area contributed by atoms with Gasteiger partial charge in [-0.05, 0) is 77.0 Å². The number of hydrogen-bond donors (Lipinski definition) is 0. The summed E-state index contributed by atoms with van der Waals surface area (Å²) in [6.07, 6.45) is 67.1. The van der Waals surface area contributed by atoms with Gasteiger partial charge in [0, 0.05) is 19.3 Å². The lowest BCUT2D eigenvalue weighted by Gasteiger charge is -2.18. The summed E-state index contributed by atoms with van der Waals surface area (Å²) in [7, 11) is 0. The molecule has 0 aromatic rings. The van der Waals surface area contributed by atoms with E-state index < -0.39 is 6.10 Å². The number of rotatable bonds is 40. The number of hydrogen-bond acceptors (Lipinski definition) is 6. The van der Waals surface area contributed by atoms with Crippen molar-refractivity contribution < 1.29 is 28.6 Å². The Morgan fingerprint density at radius 1 is 0.328 bits per heavy atom. The second-order valence-electron chi connectivity index (χ2n) is 15.1. The van der Waals surface area contributed by atoms with E-state index in [0.717, 1.165) is 135 Å². The molecular formula is C55H84O6. The Morgan fingerprint density at radius 3 is 0.918 bits per heavy atom. The van der Waals surface area contributed by atoms with Crippen molar-refractivity contribution >= 4 is 17.9 Å². The van der Waals surface area contributed by atoms with Gasteiger partial charge in [-0.25, -0.2) is 0 Å². The van der Waals surface area contributed by atoms with Crippen LogP contribution in [0.4, 0.5) is 0 Å². The van der Waals surface area contributed by atoms with E-state index in [1.165, 1.54) is 0 Å². The van der Waals surface area contributed by atoms with Crippen molar-refractivity contribution in [3.05, 3.63) is 134 Å². The highest BCUT2D eigenvalue weighted by Crippen LogP contribution is 2.13. The predicted molar refractivity (Wildman–Crippen MR) is 260 cm³/mol. The predicted octanol–water partition coefficient (Wildman–Crippen LogP) is 15.5. The Balaban J connectivity index is 4.54. The first-order valence-electron chi connectivity index (χ1n) is 23.8. The van der Waals surface area contributed by atoms with Gasteiger partial charge in [-0.3, -0.25) is 14.4 Å². The molecule has 0 rings (SSSR count). The molecule has 0 aliphatic carbocycles. The molecule has 0 amide bonds. The molecule has 0 heterocycles. The van der Waals surface area contributed by atoms with Crippen molar-refractivity contribution in [3.63, 3.8) is 0 Å². The summed E-state index contributed by atoms with van der Waals surface area (Å²) in [6.45, 7) is 6.14. The Kier molecular flexibility index (Phi) is 44.7. The van der Waals surface area contributed by atoms with Crippen molar-refractivity contribution in [3.8, 4) is 0 Å². The monoisotopic (exact) mass is 841 g/mol. The lowest BCUT2D eigenvalue weighted by molar-refractivity contribution is -0.167. The zero-order chi connectivity index (χ0) is 44.4. The molecule has 0 aromatic heterocycles. The average molecular weight is 841 g/mol. The first kappa shape index (κ1) is 56.5. The summed E-state index contributed by atoms with van der Waals surface area (Å²) >= 11 is 0. The highest BCUT2D eigenvalue weighted by Gasteiger charge is 2.19. The highest BCUT2D eigenvalue weighted by molar-refractivity contribution is 5.71. The molecule has 6 nitrogen and oxygen atoms in total. The van der Waals surface area contributed by atoms with Gasteiger partial charge in [0.2, 0.25) is 0 Å². The SMILES string of the molecule is CC/C=C/C=C/C=C/C=C/CCCCCCCC(=O)OCC(COC(=O)CCCCCCC/C=C/C=C/C=C/CC)OC(=O)CCCCCCC/C=C/C=C/C=C/C=C/CC. The van der Waals surface area contributed by atoms with Crippen molar-refractivity contribution in [2.45, 2.75) is 181 Å². The summed E-state index contributed by atoms with van der Waals surface area (Å²) < 4.78 is 16.7. The van der Waals surface area contributed by atoms with Crippen LogP contribution >= 0.6 is 0 Å². The Bertz CT molecular complexity index is 1380. The molecule has 0 saturated carbocycles. The molecule has 0 saturated heterocycles. The standard InChI is InChI=1S/C55H84O6/c1-4-7-10-13-16-19-22-25-27-30-33-36-39-42-45-48-54(57)60-51-52(50-59-53(56)47-44-41-38-35-32-29-24-21-18-15-12-9-6-3)61-55(58)49-46-43-40-37-34-31-28-26-23-20-17-14-11-8-5-2/h7-28,52H,4-6,29-51H2,1-3H3/b10-7+,11-8+,12-9+,16-13+,17-14+,18-15+,22-19+,23-20+,24-21+,27-25+,28-26+. The van der Waals surface area contributed by atoms with E-state index in [1.54, 1.807) is 0 Å². The normalized spacial score (nSPS) is 13.3. The van der Waals surface area contributed by atoms with Crippen LogP contribution in [0.15, 0.2) is 134 Å². The zero-order valence-corrected chi connectivity index (χ0v) is 38.6. The van der Waals surface area contributed by atoms with Crippen molar-refractivity contribution in [2.75, 3.05) is 13.2 Å². The maximum absolute atomic E-state index is 12.8. The number of esters is 3. The Labute approximate surface area is 373 Å². The van der Waals surface area contributed by atoms with Crippen LogP contribution in [0.25, 0.3) is 0 Å². The quantitative estimate of drug-likeness (QED) is 0.0265. The topological polar surface area (TPSA) is 78.9 Å². The maximum Gasteiger partial charge on any atom is 0.306 e. The second kappa shape index (κ2) is 48.2. The summed E-state index contributed by atoms with van der Waals surface area (Å²) in [5, 5.41) is 0. The fourth-order valence-electron chi connectivity index (χ4n) is 5.87. The van der Waals surface area contributed by atoms with E-state index in [1.807, 2.05) is 54.7 Å². The summed E-state index contributed by atoms with van der Waals surface area (Å²) in [5.41, 5.74) is 0. The van der Waals surface area contributed by atoms with Gasteiger partial charge in [0.15, 0.2) is 6.10 Å². The van der Waals surface area contributed by atoms with Gasteiger partial charge < -0.3 is 14.2 Å². The molecular weight excluding hydrogens is 757 g/mol. The Morgan fingerprint density at radius 2 is 0.590 bits per heavy atom. The summed E-state index contributed by atoms with van der Waals surface area (Å²) in [4.78, 5) is 37.9. The van der Waals surface area contributed by atoms with Gasteiger partial charge in [0.25, 0.3) is 0 Å². The molecule has 0 aromatic carbocycles. The minimum absolute atomic E-state index is 0.112. The van der Waals surface area contributed by atoms with E-state index in [9.17, 15) is 14.4 Å². The van der Waals surface area contributed by atoms with Gasteiger partial charge in [0.1, 0.15) is 13.2 Å². The molecule has 0 spiro atoms. The molecule has 340 valence electrons. The van der Waals surface area contributed by atoms with Crippen LogP contribution < -0.4 is 0 Å². The number of carbonyl (C=O) groups excluding carboxylic acids is 3. The molecule has 6 heteroatoms. The zero-order valence-electron chi connectivity index (χ0n) is 38.6.